The smallest absolute Gasteiger partial charge is 0.335 e. The zero-order valence-corrected chi connectivity index (χ0v) is 22.7. The number of rotatable bonds is 8. The van der Waals surface area contributed by atoms with Gasteiger partial charge in [-0.15, -0.1) is 0 Å². The minimum atomic E-state index is -0.922. The number of nitrogens with one attached hydrogen (secondary N) is 1. The summed E-state index contributed by atoms with van der Waals surface area (Å²) in [4.78, 5) is 14.0. The number of hydrogen-bond donors (Lipinski definition) is 2. The van der Waals surface area contributed by atoms with E-state index in [0.29, 0.717) is 28.1 Å². The van der Waals surface area contributed by atoms with Gasteiger partial charge in [0.2, 0.25) is 0 Å². The third-order valence-electron chi connectivity index (χ3n) is 7.48. The van der Waals surface area contributed by atoms with E-state index in [1.54, 1.807) is 18.2 Å². The van der Waals surface area contributed by atoms with Crippen LogP contribution >= 0.6 is 23.2 Å². The van der Waals surface area contributed by atoms with E-state index in [1.807, 2.05) is 18.2 Å². The van der Waals surface area contributed by atoms with Gasteiger partial charge in [-0.25, -0.2) is 4.79 Å². The van der Waals surface area contributed by atoms with Crippen molar-refractivity contribution in [2.24, 2.45) is 0 Å². The minimum Gasteiger partial charge on any atom is -0.478 e. The van der Waals surface area contributed by atoms with Gasteiger partial charge in [0.1, 0.15) is 0 Å². The summed E-state index contributed by atoms with van der Waals surface area (Å²) in [6, 6.07) is 19.8. The van der Waals surface area contributed by atoms with E-state index in [0.717, 1.165) is 84.4 Å². The van der Waals surface area contributed by atoms with Crippen LogP contribution in [0, 0.1) is 0 Å². The van der Waals surface area contributed by atoms with Crippen molar-refractivity contribution in [2.75, 3.05) is 31.6 Å². The Bertz CT molecular complexity index is 1360. The molecular formula is C31H31Cl2FN2O2. The molecule has 0 radical (unpaired) electrons. The summed E-state index contributed by atoms with van der Waals surface area (Å²) in [6.07, 6.45) is 4.11. The van der Waals surface area contributed by atoms with Gasteiger partial charge in [-0.05, 0) is 102 Å². The molecule has 2 N–H and O–H groups in total. The highest BCUT2D eigenvalue weighted by molar-refractivity contribution is 6.36. The first kappa shape index (κ1) is 26.7. The predicted molar refractivity (Wildman–Crippen MR) is 154 cm³/mol. The van der Waals surface area contributed by atoms with Gasteiger partial charge in [-0.2, -0.15) is 0 Å². The molecule has 0 aromatic heterocycles. The number of carboxylic acid groups (broad SMARTS) is 1. The van der Waals surface area contributed by atoms with Crippen LogP contribution in [0.5, 0.6) is 0 Å². The van der Waals surface area contributed by atoms with E-state index in [9.17, 15) is 14.3 Å². The number of aryl methyl sites for hydroxylation is 1. The van der Waals surface area contributed by atoms with Gasteiger partial charge in [-0.1, -0.05) is 47.5 Å². The molecule has 5 rings (SSSR count). The summed E-state index contributed by atoms with van der Waals surface area (Å²) in [5.74, 6) is -0.922. The normalized spacial score (nSPS) is 17.8. The molecule has 3 aromatic rings. The fourth-order valence-electron chi connectivity index (χ4n) is 5.66. The Balaban J connectivity index is 1.51. The molecule has 4 nitrogen and oxygen atoms in total. The molecule has 0 amide bonds. The monoisotopic (exact) mass is 552 g/mol. The van der Waals surface area contributed by atoms with E-state index in [1.165, 1.54) is 0 Å². The maximum Gasteiger partial charge on any atom is 0.335 e. The summed E-state index contributed by atoms with van der Waals surface area (Å²) < 4.78 is 12.5. The summed E-state index contributed by atoms with van der Waals surface area (Å²) >= 11 is 12.9. The molecular weight excluding hydrogens is 522 g/mol. The molecule has 1 saturated heterocycles. The lowest BCUT2D eigenvalue weighted by molar-refractivity contribution is 0.0696. The van der Waals surface area contributed by atoms with Crippen LogP contribution in [0.4, 0.5) is 10.1 Å². The zero-order chi connectivity index (χ0) is 26.6. The fourth-order valence-corrected chi connectivity index (χ4v) is 6.18. The molecule has 3 aromatic carbocycles. The molecule has 0 spiro atoms. The highest BCUT2D eigenvalue weighted by atomic mass is 35.5. The summed E-state index contributed by atoms with van der Waals surface area (Å²) in [6.45, 7) is 2.45. The first-order chi connectivity index (χ1) is 18.4. The Morgan fingerprint density at radius 3 is 2.55 bits per heavy atom. The van der Waals surface area contributed by atoms with E-state index in [4.69, 9.17) is 23.2 Å². The molecule has 0 unspecified atom stereocenters. The van der Waals surface area contributed by atoms with Crippen molar-refractivity contribution in [1.82, 2.24) is 4.90 Å². The average molecular weight is 554 g/mol. The number of aromatic carboxylic acids is 1. The number of likely N-dealkylation sites (tertiary alicyclic amines) is 1. The Labute approximate surface area is 233 Å². The second-order valence-corrected chi connectivity index (χ2v) is 10.9. The van der Waals surface area contributed by atoms with Crippen molar-refractivity contribution < 1.29 is 14.3 Å². The molecule has 1 atom stereocenters. The van der Waals surface area contributed by atoms with Crippen LogP contribution in [0.1, 0.15) is 58.3 Å². The lowest BCUT2D eigenvalue weighted by Gasteiger charge is -2.19. The van der Waals surface area contributed by atoms with Gasteiger partial charge in [0.05, 0.1) is 12.2 Å². The van der Waals surface area contributed by atoms with Crippen LogP contribution in [-0.4, -0.2) is 48.3 Å². The first-order valence-electron chi connectivity index (χ1n) is 13.1. The van der Waals surface area contributed by atoms with E-state index >= 15 is 0 Å². The highest BCUT2D eigenvalue weighted by Crippen LogP contribution is 2.42. The van der Waals surface area contributed by atoms with Crippen molar-refractivity contribution in [2.45, 2.75) is 38.1 Å². The third-order valence-corrected chi connectivity index (χ3v) is 8.02. The van der Waals surface area contributed by atoms with E-state index in [2.05, 4.69) is 34.5 Å². The molecule has 38 heavy (non-hydrogen) atoms. The van der Waals surface area contributed by atoms with Gasteiger partial charge in [0, 0.05) is 41.4 Å². The predicted octanol–water partition coefficient (Wildman–Crippen LogP) is 7.83. The first-order valence-corrected chi connectivity index (χ1v) is 13.9. The molecule has 1 aliphatic heterocycles. The summed E-state index contributed by atoms with van der Waals surface area (Å²) in [7, 11) is 0. The lowest BCUT2D eigenvalue weighted by Crippen LogP contribution is -2.27. The number of nitrogens with zero attached hydrogens (tertiary/aromatic N) is 1. The van der Waals surface area contributed by atoms with Crippen molar-refractivity contribution in [1.29, 1.82) is 0 Å². The summed E-state index contributed by atoms with van der Waals surface area (Å²) in [5, 5.41) is 14.4. The van der Waals surface area contributed by atoms with E-state index in [-0.39, 0.29) is 6.67 Å². The molecule has 198 valence electrons. The number of halogens is 3. The van der Waals surface area contributed by atoms with Crippen molar-refractivity contribution in [3.63, 3.8) is 0 Å². The topological polar surface area (TPSA) is 52.6 Å². The highest BCUT2D eigenvalue weighted by Gasteiger charge is 2.24. The molecule has 1 aliphatic carbocycles. The maximum atomic E-state index is 12.5. The number of hydrogen-bond acceptors (Lipinski definition) is 3. The zero-order valence-electron chi connectivity index (χ0n) is 21.2. The number of carbonyl (C=O) groups is 1. The second kappa shape index (κ2) is 11.9. The van der Waals surface area contributed by atoms with Crippen molar-refractivity contribution >= 4 is 46.0 Å². The summed E-state index contributed by atoms with van der Waals surface area (Å²) in [5.41, 5.74) is 7.62. The number of benzene rings is 3. The number of carboxylic acids is 1. The molecule has 7 heteroatoms. The maximum absolute atomic E-state index is 12.5. The Morgan fingerprint density at radius 2 is 1.82 bits per heavy atom. The van der Waals surface area contributed by atoms with Crippen LogP contribution < -0.4 is 5.32 Å². The van der Waals surface area contributed by atoms with Crippen LogP contribution in [0.2, 0.25) is 10.0 Å². The average Bonchev–Trinajstić information content (AvgIpc) is 3.26. The van der Waals surface area contributed by atoms with Gasteiger partial charge < -0.3 is 15.3 Å². The number of anilines is 1. The number of allylic oxidation sites excluding steroid dienone is 1. The van der Waals surface area contributed by atoms with Crippen LogP contribution in [0.3, 0.4) is 0 Å². The largest absolute Gasteiger partial charge is 0.478 e. The lowest BCUT2D eigenvalue weighted by atomic mass is 9.87. The van der Waals surface area contributed by atoms with Crippen LogP contribution in [0.25, 0.3) is 11.1 Å². The van der Waals surface area contributed by atoms with E-state index < -0.39 is 5.97 Å². The second-order valence-electron chi connectivity index (χ2n) is 10.1. The van der Waals surface area contributed by atoms with Gasteiger partial charge >= 0.3 is 5.97 Å². The Kier molecular flexibility index (Phi) is 8.37. The van der Waals surface area contributed by atoms with Crippen molar-refractivity contribution in [3.8, 4) is 0 Å². The van der Waals surface area contributed by atoms with Gasteiger partial charge in [0.25, 0.3) is 0 Å². The van der Waals surface area contributed by atoms with Crippen molar-refractivity contribution in [3.05, 3.63) is 98.5 Å². The fraction of sp³-hybridized carbons (Fsp3) is 0.323. The number of fused-ring (bicyclic) bond motifs is 1. The third kappa shape index (κ3) is 5.90. The standard InChI is InChI=1S/C31H31Cl2FN2O2/c32-23-8-12-27(29(33)18-23)28-4-1-3-21-17-22(31(37)38)7-11-26(21)30(28)20-5-9-24(10-6-20)35-25-13-16-36(19-25)15-2-14-34/h5-12,17-18,25,35H,1-4,13-16,19H2,(H,37,38)/t25-/m0/s1. The molecule has 0 saturated carbocycles. The quantitative estimate of drug-likeness (QED) is 0.299. The molecule has 0 bridgehead atoms. The van der Waals surface area contributed by atoms with Crippen LogP contribution in [-0.2, 0) is 6.42 Å². The van der Waals surface area contributed by atoms with Gasteiger partial charge in [-0.3, -0.25) is 4.39 Å². The number of alkyl halides is 1. The van der Waals surface area contributed by atoms with Gasteiger partial charge in [0.15, 0.2) is 0 Å². The molecule has 1 heterocycles. The minimum absolute atomic E-state index is 0.268. The molecule has 2 aliphatic rings. The Hall–Kier alpha value is -2.86. The SMILES string of the molecule is O=C(O)c1ccc2c(c1)CCCC(c1ccc(Cl)cc1Cl)=C2c1ccc(N[C@H]2CCN(CCCF)C2)cc1. The van der Waals surface area contributed by atoms with Crippen LogP contribution in [0.15, 0.2) is 60.7 Å². The molecule has 1 fully saturated rings. The Morgan fingerprint density at radius 1 is 1.03 bits per heavy atom.